The highest BCUT2D eigenvalue weighted by molar-refractivity contribution is 9.10. The van der Waals surface area contributed by atoms with Crippen LogP contribution in [0.15, 0.2) is 51.7 Å². The minimum atomic E-state index is 0.0395. The largest absolute Gasteiger partial charge is 0.497 e. The molecule has 0 N–H and O–H groups in total. The lowest BCUT2D eigenvalue weighted by Crippen LogP contribution is -2.28. The molecule has 0 aliphatic heterocycles. The van der Waals surface area contributed by atoms with E-state index in [9.17, 15) is 4.79 Å². The summed E-state index contributed by atoms with van der Waals surface area (Å²) in [7, 11) is 1.66. The number of halogens is 1. The quantitative estimate of drug-likeness (QED) is 0.570. The van der Waals surface area contributed by atoms with Crippen LogP contribution >= 0.6 is 15.9 Å². The average molecular weight is 427 g/mol. The van der Waals surface area contributed by atoms with Crippen LogP contribution in [0.4, 0.5) is 0 Å². The number of rotatable bonds is 4. The predicted octanol–water partition coefficient (Wildman–Crippen LogP) is 5.26. The Morgan fingerprint density at radius 1 is 1.11 bits per heavy atom. The molecule has 0 radical (unpaired) electrons. The van der Waals surface area contributed by atoms with Gasteiger partial charge in [-0.1, -0.05) is 47.3 Å². The molecule has 2 aromatic carbocycles. The fourth-order valence-corrected chi connectivity index (χ4v) is 4.31. The molecule has 0 amide bonds. The smallest absolute Gasteiger partial charge is 0.261 e. The van der Waals surface area contributed by atoms with Crippen LogP contribution in [0.3, 0.4) is 0 Å². The molecule has 0 atom stereocenters. The molecule has 5 heteroatoms. The number of fused-ring (bicyclic) bond motifs is 1. The number of ether oxygens (including phenoxy) is 1. The molecule has 1 aromatic heterocycles. The lowest BCUT2D eigenvalue weighted by Gasteiger charge is -2.24. The summed E-state index contributed by atoms with van der Waals surface area (Å²) >= 11 is 3.48. The number of aromatic nitrogens is 2. The van der Waals surface area contributed by atoms with E-state index in [0.29, 0.717) is 17.8 Å². The van der Waals surface area contributed by atoms with Gasteiger partial charge in [-0.3, -0.25) is 9.36 Å². The number of methoxy groups -OCH3 is 1. The Hall–Kier alpha value is -2.14. The van der Waals surface area contributed by atoms with E-state index in [1.165, 1.54) is 19.3 Å². The Kier molecular flexibility index (Phi) is 5.30. The Bertz CT molecular complexity index is 1010. The van der Waals surface area contributed by atoms with Crippen molar-refractivity contribution >= 4 is 26.8 Å². The molecular weight excluding hydrogens is 404 g/mol. The van der Waals surface area contributed by atoms with E-state index < -0.39 is 0 Å². The van der Waals surface area contributed by atoms with Crippen molar-refractivity contribution < 1.29 is 4.74 Å². The van der Waals surface area contributed by atoms with Gasteiger partial charge in [0.1, 0.15) is 11.6 Å². The van der Waals surface area contributed by atoms with E-state index in [-0.39, 0.29) is 5.56 Å². The van der Waals surface area contributed by atoms with Gasteiger partial charge in [0, 0.05) is 10.4 Å². The van der Waals surface area contributed by atoms with Gasteiger partial charge in [0.25, 0.3) is 5.56 Å². The van der Waals surface area contributed by atoms with E-state index in [1.807, 2.05) is 47.0 Å². The number of hydrogen-bond acceptors (Lipinski definition) is 3. The maximum atomic E-state index is 13.3. The van der Waals surface area contributed by atoms with Gasteiger partial charge < -0.3 is 4.74 Å². The fourth-order valence-electron chi connectivity index (χ4n) is 3.95. The van der Waals surface area contributed by atoms with E-state index in [1.54, 1.807) is 7.11 Å². The molecule has 0 spiro atoms. The third-order valence-electron chi connectivity index (χ3n) is 5.42. The Balaban J connectivity index is 1.83. The van der Waals surface area contributed by atoms with Crippen LogP contribution in [0, 0.1) is 0 Å². The molecule has 1 aliphatic rings. The van der Waals surface area contributed by atoms with E-state index in [4.69, 9.17) is 9.72 Å². The van der Waals surface area contributed by atoms with Crippen LogP contribution in [0.5, 0.6) is 5.75 Å². The zero-order chi connectivity index (χ0) is 18.8. The van der Waals surface area contributed by atoms with Crippen LogP contribution in [-0.4, -0.2) is 16.7 Å². The Morgan fingerprint density at radius 3 is 2.56 bits per heavy atom. The number of benzene rings is 2. The Morgan fingerprint density at radius 2 is 1.85 bits per heavy atom. The summed E-state index contributed by atoms with van der Waals surface area (Å²) in [5.41, 5.74) is 1.90. The van der Waals surface area contributed by atoms with Crippen molar-refractivity contribution in [3.63, 3.8) is 0 Å². The summed E-state index contributed by atoms with van der Waals surface area (Å²) in [6.45, 7) is 0.532. The third kappa shape index (κ3) is 3.79. The minimum absolute atomic E-state index is 0.0395. The summed E-state index contributed by atoms with van der Waals surface area (Å²) in [6.07, 6.45) is 5.91. The van der Waals surface area contributed by atoms with Gasteiger partial charge in [-0.05, 0) is 48.7 Å². The van der Waals surface area contributed by atoms with Crippen LogP contribution in [0.25, 0.3) is 10.9 Å². The lowest BCUT2D eigenvalue weighted by molar-refractivity contribution is 0.412. The first-order chi connectivity index (χ1) is 13.2. The van der Waals surface area contributed by atoms with Gasteiger partial charge >= 0.3 is 0 Å². The van der Waals surface area contributed by atoms with Gasteiger partial charge in [0.15, 0.2) is 0 Å². The van der Waals surface area contributed by atoms with Crippen molar-refractivity contribution in [2.45, 2.75) is 44.6 Å². The molecular formula is C22H23BrN2O2. The van der Waals surface area contributed by atoms with Crippen LogP contribution in [0.1, 0.15) is 49.4 Å². The monoisotopic (exact) mass is 426 g/mol. The average Bonchev–Trinajstić information content (AvgIpc) is 2.71. The van der Waals surface area contributed by atoms with Crippen molar-refractivity contribution in [3.8, 4) is 5.75 Å². The SMILES string of the molecule is COc1ccc(Cn2c(C3CCCCC3)nc3ccc(Br)cc3c2=O)cc1. The molecule has 1 heterocycles. The molecule has 0 unspecified atom stereocenters. The molecule has 27 heavy (non-hydrogen) atoms. The predicted molar refractivity (Wildman–Crippen MR) is 112 cm³/mol. The highest BCUT2D eigenvalue weighted by atomic mass is 79.9. The summed E-state index contributed by atoms with van der Waals surface area (Å²) in [4.78, 5) is 18.3. The standard InChI is InChI=1S/C22H23BrN2O2/c1-27-18-10-7-15(8-11-18)14-25-21(16-5-3-2-4-6-16)24-20-12-9-17(23)13-19(20)22(25)26/h7-13,16H,2-6,14H2,1H3. The number of nitrogens with zero attached hydrogens (tertiary/aromatic N) is 2. The second-order valence-electron chi connectivity index (χ2n) is 7.21. The van der Waals surface area contributed by atoms with Crippen LogP contribution in [0.2, 0.25) is 0 Å². The molecule has 1 aliphatic carbocycles. The molecule has 1 fully saturated rings. The summed E-state index contributed by atoms with van der Waals surface area (Å²) in [5.74, 6) is 2.11. The van der Waals surface area contributed by atoms with Gasteiger partial charge in [-0.25, -0.2) is 4.98 Å². The van der Waals surface area contributed by atoms with E-state index in [0.717, 1.165) is 40.0 Å². The van der Waals surface area contributed by atoms with Crippen molar-refractivity contribution in [1.29, 1.82) is 0 Å². The summed E-state index contributed by atoms with van der Waals surface area (Å²) in [5, 5.41) is 0.664. The van der Waals surface area contributed by atoms with Crippen molar-refractivity contribution in [1.82, 2.24) is 9.55 Å². The fraction of sp³-hybridized carbons (Fsp3) is 0.364. The summed E-state index contributed by atoms with van der Waals surface area (Å²) < 4.78 is 8.03. The zero-order valence-electron chi connectivity index (χ0n) is 15.5. The van der Waals surface area contributed by atoms with Crippen LogP contribution in [-0.2, 0) is 6.54 Å². The van der Waals surface area contributed by atoms with Crippen molar-refractivity contribution in [2.75, 3.05) is 7.11 Å². The van der Waals surface area contributed by atoms with Gasteiger partial charge in [-0.2, -0.15) is 0 Å². The minimum Gasteiger partial charge on any atom is -0.497 e. The second kappa shape index (κ2) is 7.85. The lowest BCUT2D eigenvalue weighted by atomic mass is 9.88. The van der Waals surface area contributed by atoms with Crippen molar-refractivity contribution in [3.05, 3.63) is 68.7 Å². The van der Waals surface area contributed by atoms with E-state index >= 15 is 0 Å². The highest BCUT2D eigenvalue weighted by Gasteiger charge is 2.22. The Labute approximate surface area is 167 Å². The first kappa shape index (κ1) is 18.2. The van der Waals surface area contributed by atoms with Gasteiger partial charge in [0.05, 0.1) is 24.6 Å². The molecule has 0 saturated heterocycles. The molecule has 3 aromatic rings. The normalized spacial score (nSPS) is 15.2. The number of hydrogen-bond donors (Lipinski definition) is 0. The topological polar surface area (TPSA) is 44.1 Å². The van der Waals surface area contributed by atoms with E-state index in [2.05, 4.69) is 15.9 Å². The van der Waals surface area contributed by atoms with Crippen LogP contribution < -0.4 is 10.3 Å². The molecule has 1 saturated carbocycles. The molecule has 4 nitrogen and oxygen atoms in total. The molecule has 4 rings (SSSR count). The maximum absolute atomic E-state index is 13.3. The third-order valence-corrected chi connectivity index (χ3v) is 5.91. The second-order valence-corrected chi connectivity index (χ2v) is 8.12. The summed E-state index contributed by atoms with van der Waals surface area (Å²) in [6, 6.07) is 13.7. The van der Waals surface area contributed by atoms with Crippen molar-refractivity contribution in [2.24, 2.45) is 0 Å². The van der Waals surface area contributed by atoms with Gasteiger partial charge in [-0.15, -0.1) is 0 Å². The highest BCUT2D eigenvalue weighted by Crippen LogP contribution is 2.32. The van der Waals surface area contributed by atoms with Gasteiger partial charge in [0.2, 0.25) is 0 Å². The first-order valence-corrected chi connectivity index (χ1v) is 10.3. The molecule has 0 bridgehead atoms. The maximum Gasteiger partial charge on any atom is 0.261 e. The molecule has 140 valence electrons. The zero-order valence-corrected chi connectivity index (χ0v) is 17.0. The first-order valence-electron chi connectivity index (χ1n) is 9.48.